The quantitative estimate of drug-likeness (QED) is 0.524. The third-order valence-corrected chi connectivity index (χ3v) is 4.27. The minimum atomic E-state index is -4.64. The Morgan fingerprint density at radius 1 is 1.04 bits per heavy atom. The standard InChI is InChI=1S/C17H26F3NOS/c1-5-6-12-21(13-11-16(2,3)4)23-15-9-7-14(8-10-15)22-17(18,19)20/h7-10H,5-6,11-13H2,1-4H3. The lowest BCUT2D eigenvalue weighted by atomic mass is 9.92. The second-order valence-electron chi connectivity index (χ2n) is 6.70. The lowest BCUT2D eigenvalue weighted by Crippen LogP contribution is -2.22. The van der Waals surface area contributed by atoms with Crippen LogP contribution in [0, 0.1) is 5.41 Å². The van der Waals surface area contributed by atoms with Crippen LogP contribution in [0.4, 0.5) is 13.2 Å². The molecule has 0 aliphatic carbocycles. The van der Waals surface area contributed by atoms with E-state index in [1.54, 1.807) is 24.1 Å². The second-order valence-corrected chi connectivity index (χ2v) is 7.87. The summed E-state index contributed by atoms with van der Waals surface area (Å²) in [5.41, 5.74) is 0.259. The van der Waals surface area contributed by atoms with E-state index < -0.39 is 6.36 Å². The molecule has 0 aliphatic heterocycles. The van der Waals surface area contributed by atoms with Gasteiger partial charge in [0.1, 0.15) is 5.75 Å². The maximum absolute atomic E-state index is 12.2. The molecule has 0 aromatic heterocycles. The van der Waals surface area contributed by atoms with E-state index in [2.05, 4.69) is 36.7 Å². The van der Waals surface area contributed by atoms with E-state index in [1.165, 1.54) is 12.1 Å². The predicted octanol–water partition coefficient (Wildman–Crippen LogP) is 6.13. The molecule has 0 atom stereocenters. The molecule has 2 nitrogen and oxygen atoms in total. The highest BCUT2D eigenvalue weighted by Gasteiger charge is 2.31. The van der Waals surface area contributed by atoms with Gasteiger partial charge in [-0.3, -0.25) is 0 Å². The van der Waals surface area contributed by atoms with Gasteiger partial charge in [-0.2, -0.15) is 0 Å². The zero-order valence-electron chi connectivity index (χ0n) is 14.2. The van der Waals surface area contributed by atoms with Gasteiger partial charge in [-0.05, 0) is 54.5 Å². The van der Waals surface area contributed by atoms with Crippen LogP contribution in [0.25, 0.3) is 0 Å². The lowest BCUT2D eigenvalue weighted by Gasteiger charge is -2.26. The van der Waals surface area contributed by atoms with Gasteiger partial charge in [-0.25, -0.2) is 4.31 Å². The highest BCUT2D eigenvalue weighted by molar-refractivity contribution is 7.97. The topological polar surface area (TPSA) is 12.5 Å². The molecule has 0 unspecified atom stereocenters. The molecule has 1 aromatic rings. The molecule has 0 amide bonds. The van der Waals surface area contributed by atoms with Gasteiger partial charge < -0.3 is 4.74 Å². The summed E-state index contributed by atoms with van der Waals surface area (Å²) in [6.07, 6.45) is -1.36. The van der Waals surface area contributed by atoms with Crippen LogP contribution in [0.5, 0.6) is 5.75 Å². The number of nitrogens with zero attached hydrogens (tertiary/aromatic N) is 1. The third-order valence-electron chi connectivity index (χ3n) is 3.16. The minimum absolute atomic E-state index is 0.184. The number of alkyl halides is 3. The van der Waals surface area contributed by atoms with E-state index >= 15 is 0 Å². The summed E-state index contributed by atoms with van der Waals surface area (Å²) in [5, 5.41) is 0. The Hall–Kier alpha value is -0.880. The molecule has 132 valence electrons. The molecule has 0 bridgehead atoms. The van der Waals surface area contributed by atoms with Gasteiger partial charge in [0.15, 0.2) is 0 Å². The molecule has 0 saturated heterocycles. The summed E-state index contributed by atoms with van der Waals surface area (Å²) in [6, 6.07) is 6.05. The van der Waals surface area contributed by atoms with E-state index in [0.29, 0.717) is 0 Å². The minimum Gasteiger partial charge on any atom is -0.406 e. The Kier molecular flexibility index (Phi) is 7.74. The largest absolute Gasteiger partial charge is 0.573 e. The van der Waals surface area contributed by atoms with Crippen LogP contribution >= 0.6 is 11.9 Å². The Labute approximate surface area is 141 Å². The number of rotatable bonds is 8. The van der Waals surface area contributed by atoms with Crippen molar-refractivity contribution in [2.24, 2.45) is 5.41 Å². The molecule has 1 rings (SSSR count). The summed E-state index contributed by atoms with van der Waals surface area (Å²) in [7, 11) is 0. The first-order chi connectivity index (χ1) is 10.6. The van der Waals surface area contributed by atoms with Crippen LogP contribution in [0.3, 0.4) is 0 Å². The molecule has 0 saturated carbocycles. The number of ether oxygens (including phenoxy) is 1. The van der Waals surface area contributed by atoms with Crippen molar-refractivity contribution >= 4 is 11.9 Å². The van der Waals surface area contributed by atoms with Gasteiger partial charge in [0.05, 0.1) is 0 Å². The summed E-state index contributed by atoms with van der Waals surface area (Å²) in [4.78, 5) is 0.921. The first-order valence-corrected chi connectivity index (χ1v) is 8.65. The normalized spacial score (nSPS) is 12.7. The van der Waals surface area contributed by atoms with Crippen molar-refractivity contribution < 1.29 is 17.9 Å². The lowest BCUT2D eigenvalue weighted by molar-refractivity contribution is -0.274. The fourth-order valence-electron chi connectivity index (χ4n) is 1.85. The number of halogens is 3. The summed E-state index contributed by atoms with van der Waals surface area (Å²) in [6.45, 7) is 10.7. The Balaban J connectivity index is 2.63. The molecular formula is C17H26F3NOS. The smallest absolute Gasteiger partial charge is 0.406 e. The van der Waals surface area contributed by atoms with Gasteiger partial charge in [-0.15, -0.1) is 13.2 Å². The summed E-state index contributed by atoms with van der Waals surface area (Å²) >= 11 is 1.59. The summed E-state index contributed by atoms with van der Waals surface area (Å²) in [5.74, 6) is -0.184. The van der Waals surface area contributed by atoms with Crippen LogP contribution in [0.1, 0.15) is 47.0 Å². The van der Waals surface area contributed by atoms with Crippen molar-refractivity contribution in [3.8, 4) is 5.75 Å². The van der Waals surface area contributed by atoms with E-state index in [1.807, 2.05) is 0 Å². The summed E-state index contributed by atoms with van der Waals surface area (Å²) < 4.78 is 42.7. The van der Waals surface area contributed by atoms with Crippen LogP contribution in [-0.2, 0) is 0 Å². The Morgan fingerprint density at radius 2 is 1.65 bits per heavy atom. The van der Waals surface area contributed by atoms with Crippen LogP contribution < -0.4 is 4.74 Å². The van der Waals surface area contributed by atoms with E-state index in [4.69, 9.17) is 0 Å². The van der Waals surface area contributed by atoms with Crippen LogP contribution in [0.15, 0.2) is 29.2 Å². The Bertz CT molecular complexity index is 454. The Morgan fingerprint density at radius 3 is 2.13 bits per heavy atom. The molecule has 0 spiro atoms. The average Bonchev–Trinajstić information content (AvgIpc) is 2.41. The third kappa shape index (κ3) is 9.76. The van der Waals surface area contributed by atoms with E-state index in [0.717, 1.165) is 37.2 Å². The molecule has 0 N–H and O–H groups in total. The fraction of sp³-hybridized carbons (Fsp3) is 0.647. The van der Waals surface area contributed by atoms with Crippen molar-refractivity contribution in [3.05, 3.63) is 24.3 Å². The molecule has 6 heteroatoms. The van der Waals surface area contributed by atoms with Gasteiger partial charge in [-0.1, -0.05) is 34.1 Å². The molecule has 1 aromatic carbocycles. The molecule has 23 heavy (non-hydrogen) atoms. The highest BCUT2D eigenvalue weighted by Crippen LogP contribution is 2.29. The zero-order valence-corrected chi connectivity index (χ0v) is 15.1. The van der Waals surface area contributed by atoms with Gasteiger partial charge in [0.25, 0.3) is 0 Å². The first kappa shape index (κ1) is 20.2. The maximum atomic E-state index is 12.2. The SMILES string of the molecule is CCCCN(CCC(C)(C)C)Sc1ccc(OC(F)(F)F)cc1. The number of unbranched alkanes of at least 4 members (excludes halogenated alkanes) is 1. The number of benzene rings is 1. The van der Waals surface area contributed by atoms with Gasteiger partial charge >= 0.3 is 6.36 Å². The van der Waals surface area contributed by atoms with Crippen LogP contribution in [0.2, 0.25) is 0 Å². The van der Waals surface area contributed by atoms with Crippen molar-refractivity contribution in [3.63, 3.8) is 0 Å². The van der Waals surface area contributed by atoms with Gasteiger partial charge in [0, 0.05) is 18.0 Å². The second kappa shape index (κ2) is 8.83. The monoisotopic (exact) mass is 349 g/mol. The van der Waals surface area contributed by atoms with E-state index in [9.17, 15) is 13.2 Å². The number of hydrogen-bond donors (Lipinski definition) is 0. The van der Waals surface area contributed by atoms with Gasteiger partial charge in [0.2, 0.25) is 0 Å². The van der Waals surface area contributed by atoms with Crippen molar-refractivity contribution in [2.75, 3.05) is 13.1 Å². The fourth-order valence-corrected chi connectivity index (χ4v) is 2.81. The molecule has 0 fully saturated rings. The maximum Gasteiger partial charge on any atom is 0.573 e. The predicted molar refractivity (Wildman–Crippen MR) is 89.5 cm³/mol. The molecular weight excluding hydrogens is 323 g/mol. The molecule has 0 heterocycles. The van der Waals surface area contributed by atoms with Crippen molar-refractivity contribution in [1.29, 1.82) is 0 Å². The number of hydrogen-bond acceptors (Lipinski definition) is 3. The molecule has 0 radical (unpaired) electrons. The average molecular weight is 349 g/mol. The zero-order chi connectivity index (χ0) is 17.5. The van der Waals surface area contributed by atoms with E-state index in [-0.39, 0.29) is 11.2 Å². The van der Waals surface area contributed by atoms with Crippen molar-refractivity contribution in [2.45, 2.75) is 58.2 Å². The van der Waals surface area contributed by atoms with Crippen LogP contribution in [-0.4, -0.2) is 23.8 Å². The van der Waals surface area contributed by atoms with Crippen molar-refractivity contribution in [1.82, 2.24) is 4.31 Å². The first-order valence-electron chi connectivity index (χ1n) is 7.88. The molecule has 0 aliphatic rings. The highest BCUT2D eigenvalue weighted by atomic mass is 32.2.